The van der Waals surface area contributed by atoms with Crippen LogP contribution >= 0.6 is 15.9 Å². The molecule has 8 heteroatoms. The molecule has 1 unspecified atom stereocenters. The molecule has 36 heavy (non-hydrogen) atoms. The quantitative estimate of drug-likeness (QED) is 0.300. The zero-order chi connectivity index (χ0) is 25.2. The Balaban J connectivity index is 1.57. The van der Waals surface area contributed by atoms with Crippen LogP contribution < -0.4 is 19.8 Å². The zero-order valence-corrected chi connectivity index (χ0v) is 21.4. The van der Waals surface area contributed by atoms with E-state index in [-0.39, 0.29) is 12.5 Å². The van der Waals surface area contributed by atoms with Crippen LogP contribution in [0.5, 0.6) is 17.2 Å². The van der Waals surface area contributed by atoms with Crippen LogP contribution in [0.25, 0.3) is 11.0 Å². The summed E-state index contributed by atoms with van der Waals surface area (Å²) in [7, 11) is 3.18. The predicted octanol–water partition coefficient (Wildman–Crippen LogP) is 5.39. The van der Waals surface area contributed by atoms with E-state index < -0.39 is 11.7 Å². The molecule has 0 aliphatic carbocycles. The Morgan fingerprint density at radius 2 is 1.72 bits per heavy atom. The summed E-state index contributed by atoms with van der Waals surface area (Å²) < 4.78 is 23.3. The first-order chi connectivity index (χ1) is 17.5. The van der Waals surface area contributed by atoms with Crippen LogP contribution in [0.1, 0.15) is 27.5 Å². The number of benzene rings is 3. The largest absolute Gasteiger partial charge is 0.493 e. The molecule has 0 saturated heterocycles. The molecular weight excluding hydrogens is 526 g/mol. The SMILES string of the molecule is COc1cc2c(cc1OC)C(COc1cc(=O)oc3ccccc13)N(C(=O)c1ccccc1Br)CC2. The molecule has 184 valence electrons. The van der Waals surface area contributed by atoms with E-state index in [9.17, 15) is 9.59 Å². The lowest BCUT2D eigenvalue weighted by Gasteiger charge is -2.38. The standard InChI is InChI=1S/C28H24BrNO6/c1-33-25-13-17-11-12-30(28(32)18-7-3-5-9-21(18)29)22(20(17)14-26(25)34-2)16-35-24-15-27(31)36-23-10-6-4-8-19(23)24/h3-10,13-15,22H,11-12,16H2,1-2H3. The Morgan fingerprint density at radius 3 is 2.50 bits per heavy atom. The van der Waals surface area contributed by atoms with Gasteiger partial charge in [0.25, 0.3) is 5.91 Å². The molecule has 4 aromatic rings. The second-order valence-electron chi connectivity index (χ2n) is 8.39. The Hall–Kier alpha value is -3.78. The lowest BCUT2D eigenvalue weighted by Crippen LogP contribution is -2.42. The number of para-hydroxylation sites is 1. The fourth-order valence-electron chi connectivity index (χ4n) is 4.61. The van der Waals surface area contributed by atoms with E-state index in [1.165, 1.54) is 6.07 Å². The lowest BCUT2D eigenvalue weighted by molar-refractivity contribution is 0.0589. The third-order valence-corrected chi connectivity index (χ3v) is 7.07. The van der Waals surface area contributed by atoms with Crippen LogP contribution in [0.3, 0.4) is 0 Å². The van der Waals surface area contributed by atoms with E-state index in [4.69, 9.17) is 18.6 Å². The molecule has 2 heterocycles. The van der Waals surface area contributed by atoms with Gasteiger partial charge in [-0.25, -0.2) is 4.79 Å². The van der Waals surface area contributed by atoms with E-state index in [0.29, 0.717) is 46.7 Å². The molecule has 1 aromatic heterocycles. The van der Waals surface area contributed by atoms with E-state index >= 15 is 0 Å². The number of ether oxygens (including phenoxy) is 3. The van der Waals surface area contributed by atoms with Gasteiger partial charge in [0, 0.05) is 11.0 Å². The van der Waals surface area contributed by atoms with Crippen molar-refractivity contribution < 1.29 is 23.4 Å². The van der Waals surface area contributed by atoms with Gasteiger partial charge in [-0.05, 0) is 69.9 Å². The fourth-order valence-corrected chi connectivity index (χ4v) is 5.06. The van der Waals surface area contributed by atoms with Crippen molar-refractivity contribution in [3.8, 4) is 17.2 Å². The highest BCUT2D eigenvalue weighted by Crippen LogP contribution is 2.39. The van der Waals surface area contributed by atoms with Gasteiger partial charge in [-0.1, -0.05) is 24.3 Å². The zero-order valence-electron chi connectivity index (χ0n) is 19.8. The topological polar surface area (TPSA) is 78.2 Å². The smallest absolute Gasteiger partial charge is 0.339 e. The normalized spacial score (nSPS) is 14.9. The second-order valence-corrected chi connectivity index (χ2v) is 9.24. The first-order valence-corrected chi connectivity index (χ1v) is 12.3. The minimum Gasteiger partial charge on any atom is -0.493 e. The molecule has 0 fully saturated rings. The number of amides is 1. The van der Waals surface area contributed by atoms with Crippen molar-refractivity contribution in [2.24, 2.45) is 0 Å². The van der Waals surface area contributed by atoms with E-state index in [1.807, 2.05) is 47.4 Å². The van der Waals surface area contributed by atoms with Crippen LogP contribution in [0.4, 0.5) is 0 Å². The number of methoxy groups -OCH3 is 2. The molecule has 0 bridgehead atoms. The average Bonchev–Trinajstić information content (AvgIpc) is 2.90. The molecule has 0 saturated carbocycles. The van der Waals surface area contributed by atoms with E-state index in [1.54, 1.807) is 32.4 Å². The van der Waals surface area contributed by atoms with Gasteiger partial charge in [-0.2, -0.15) is 0 Å². The van der Waals surface area contributed by atoms with Crippen molar-refractivity contribution >= 4 is 32.8 Å². The molecule has 1 aliphatic heterocycles. The minimum atomic E-state index is -0.500. The van der Waals surface area contributed by atoms with Gasteiger partial charge in [-0.15, -0.1) is 0 Å². The maximum atomic E-state index is 13.7. The molecule has 0 radical (unpaired) electrons. The van der Waals surface area contributed by atoms with Crippen LogP contribution in [-0.2, 0) is 6.42 Å². The Bertz CT molecular complexity index is 1500. The van der Waals surface area contributed by atoms with Gasteiger partial charge in [-0.3, -0.25) is 4.79 Å². The number of rotatable bonds is 6. The first kappa shape index (κ1) is 23.9. The summed E-state index contributed by atoms with van der Waals surface area (Å²) in [5, 5.41) is 0.684. The maximum absolute atomic E-state index is 13.7. The summed E-state index contributed by atoms with van der Waals surface area (Å²) in [6.07, 6.45) is 0.653. The fraction of sp³-hybridized carbons (Fsp3) is 0.214. The van der Waals surface area contributed by atoms with Crippen LogP contribution in [0, 0.1) is 0 Å². The monoisotopic (exact) mass is 549 g/mol. The molecule has 1 atom stereocenters. The van der Waals surface area contributed by atoms with Gasteiger partial charge < -0.3 is 23.5 Å². The summed E-state index contributed by atoms with van der Waals surface area (Å²) in [6, 6.07) is 19.3. The molecular formula is C28H24BrNO6. The van der Waals surface area contributed by atoms with Gasteiger partial charge in [0.15, 0.2) is 11.5 Å². The molecule has 7 nitrogen and oxygen atoms in total. The number of nitrogens with zero attached hydrogens (tertiary/aromatic N) is 1. The molecule has 0 N–H and O–H groups in total. The molecule has 1 aliphatic rings. The minimum absolute atomic E-state index is 0.117. The van der Waals surface area contributed by atoms with Gasteiger partial charge >= 0.3 is 5.63 Å². The van der Waals surface area contributed by atoms with Crippen LogP contribution in [-0.4, -0.2) is 38.2 Å². The molecule has 1 amide bonds. The first-order valence-electron chi connectivity index (χ1n) is 11.5. The van der Waals surface area contributed by atoms with Crippen molar-refractivity contribution in [2.45, 2.75) is 12.5 Å². The molecule has 3 aromatic carbocycles. The number of carbonyl (C=O) groups is 1. The van der Waals surface area contributed by atoms with Crippen LogP contribution in [0.2, 0.25) is 0 Å². The summed E-state index contributed by atoms with van der Waals surface area (Å²) in [4.78, 5) is 27.7. The summed E-state index contributed by atoms with van der Waals surface area (Å²) in [5.41, 5.74) is 2.47. The van der Waals surface area contributed by atoms with Crippen molar-refractivity contribution in [1.29, 1.82) is 0 Å². The Labute approximate surface area is 216 Å². The third kappa shape index (κ3) is 4.44. The van der Waals surface area contributed by atoms with Gasteiger partial charge in [0.2, 0.25) is 0 Å². The van der Waals surface area contributed by atoms with Gasteiger partial charge in [0.1, 0.15) is 17.9 Å². The summed E-state index contributed by atoms with van der Waals surface area (Å²) in [5.74, 6) is 1.49. The van der Waals surface area contributed by atoms with Crippen molar-refractivity contribution in [1.82, 2.24) is 4.90 Å². The highest BCUT2D eigenvalue weighted by Gasteiger charge is 2.34. The lowest BCUT2D eigenvalue weighted by atomic mass is 9.91. The molecule has 0 spiro atoms. The van der Waals surface area contributed by atoms with Gasteiger partial charge in [0.05, 0.1) is 37.3 Å². The Kier molecular flexibility index (Phi) is 6.69. The van der Waals surface area contributed by atoms with E-state index in [0.717, 1.165) is 15.6 Å². The van der Waals surface area contributed by atoms with Crippen LogP contribution in [0.15, 0.2) is 80.4 Å². The number of hydrogen-bond donors (Lipinski definition) is 0. The molecule has 5 rings (SSSR count). The highest BCUT2D eigenvalue weighted by atomic mass is 79.9. The number of halogens is 1. The highest BCUT2D eigenvalue weighted by molar-refractivity contribution is 9.10. The summed E-state index contributed by atoms with van der Waals surface area (Å²) in [6.45, 7) is 0.625. The maximum Gasteiger partial charge on any atom is 0.339 e. The second kappa shape index (κ2) is 10.1. The summed E-state index contributed by atoms with van der Waals surface area (Å²) >= 11 is 3.51. The van der Waals surface area contributed by atoms with Crippen molar-refractivity contribution in [3.05, 3.63) is 98.3 Å². The predicted molar refractivity (Wildman–Crippen MR) is 139 cm³/mol. The Morgan fingerprint density at radius 1 is 1.00 bits per heavy atom. The van der Waals surface area contributed by atoms with Crippen molar-refractivity contribution in [3.63, 3.8) is 0 Å². The van der Waals surface area contributed by atoms with Crippen molar-refractivity contribution in [2.75, 3.05) is 27.4 Å². The average molecular weight is 550 g/mol. The van der Waals surface area contributed by atoms with E-state index in [2.05, 4.69) is 15.9 Å². The number of fused-ring (bicyclic) bond motifs is 2. The number of hydrogen-bond acceptors (Lipinski definition) is 6. The number of carbonyl (C=O) groups excluding carboxylic acids is 1. The third-order valence-electron chi connectivity index (χ3n) is 6.38.